The summed E-state index contributed by atoms with van der Waals surface area (Å²) in [6.07, 6.45) is 1.35. The summed E-state index contributed by atoms with van der Waals surface area (Å²) < 4.78 is 1.06. The highest BCUT2D eigenvalue weighted by Gasteiger charge is 2.08. The molecule has 0 aromatic carbocycles. The average molecular weight is 294 g/mol. The molecule has 0 unspecified atom stereocenters. The zero-order chi connectivity index (χ0) is 13.7. The second-order valence-electron chi connectivity index (χ2n) is 3.50. The maximum atomic E-state index is 11.7. The number of thioether (sulfide) groups is 1. The number of nitrogens with one attached hydrogen (secondary N) is 1. The van der Waals surface area contributed by atoms with E-state index >= 15 is 0 Å². The number of rotatable bonds is 5. The van der Waals surface area contributed by atoms with E-state index in [1.165, 1.54) is 30.1 Å². The van der Waals surface area contributed by atoms with Gasteiger partial charge in [-0.2, -0.15) is 0 Å². The van der Waals surface area contributed by atoms with Gasteiger partial charge in [0.25, 0.3) is 0 Å². The van der Waals surface area contributed by atoms with Crippen LogP contribution in [0.5, 0.6) is 0 Å². The monoisotopic (exact) mass is 294 g/mol. The number of carbonyl (C=O) groups is 2. The summed E-state index contributed by atoms with van der Waals surface area (Å²) in [5, 5.41) is 13.3. The lowest BCUT2D eigenvalue weighted by Crippen LogP contribution is -2.15. The van der Waals surface area contributed by atoms with Gasteiger partial charge in [-0.25, -0.2) is 9.78 Å². The third kappa shape index (κ3) is 4.08. The Kier molecular flexibility index (Phi) is 4.53. The number of carboxylic acids is 1. The summed E-state index contributed by atoms with van der Waals surface area (Å²) in [4.78, 5) is 26.4. The van der Waals surface area contributed by atoms with Gasteiger partial charge in [0.1, 0.15) is 5.82 Å². The van der Waals surface area contributed by atoms with Crippen LogP contribution in [0.2, 0.25) is 0 Å². The molecule has 0 spiro atoms. The van der Waals surface area contributed by atoms with Crippen molar-refractivity contribution < 1.29 is 14.7 Å². The van der Waals surface area contributed by atoms with Crippen molar-refractivity contribution >= 4 is 40.8 Å². The van der Waals surface area contributed by atoms with E-state index in [9.17, 15) is 9.59 Å². The molecular weight excluding hydrogens is 284 g/mol. The predicted octanol–water partition coefficient (Wildman–Crippen LogP) is 2.57. The molecule has 98 valence electrons. The van der Waals surface area contributed by atoms with Crippen molar-refractivity contribution in [3.8, 4) is 0 Å². The molecule has 7 heteroatoms. The highest BCUT2D eigenvalue weighted by Crippen LogP contribution is 2.23. The summed E-state index contributed by atoms with van der Waals surface area (Å²) in [5.74, 6) is -0.754. The van der Waals surface area contributed by atoms with Crippen LogP contribution in [0, 0.1) is 0 Å². The van der Waals surface area contributed by atoms with Crippen LogP contribution in [0.15, 0.2) is 40.1 Å². The molecule has 0 radical (unpaired) electrons. The number of amides is 1. The Bertz CT molecular complexity index is 584. The molecule has 0 atom stereocenters. The zero-order valence-electron chi connectivity index (χ0n) is 9.70. The summed E-state index contributed by atoms with van der Waals surface area (Å²) in [6.45, 7) is 0. The maximum Gasteiger partial charge on any atom is 0.335 e. The van der Waals surface area contributed by atoms with Crippen molar-refractivity contribution in [1.29, 1.82) is 0 Å². The van der Waals surface area contributed by atoms with Gasteiger partial charge in [-0.15, -0.1) is 23.1 Å². The predicted molar refractivity (Wildman–Crippen MR) is 74.9 cm³/mol. The smallest absolute Gasteiger partial charge is 0.335 e. The normalized spacial score (nSPS) is 10.1. The average Bonchev–Trinajstić information content (AvgIpc) is 2.90. The molecule has 5 nitrogen and oxygen atoms in total. The first-order valence-corrected chi connectivity index (χ1v) is 7.17. The van der Waals surface area contributed by atoms with Crippen molar-refractivity contribution in [2.24, 2.45) is 0 Å². The molecule has 19 heavy (non-hydrogen) atoms. The Morgan fingerprint density at radius 1 is 1.42 bits per heavy atom. The Labute approximate surface area is 117 Å². The Morgan fingerprint density at radius 2 is 2.26 bits per heavy atom. The van der Waals surface area contributed by atoms with Gasteiger partial charge in [0, 0.05) is 6.20 Å². The van der Waals surface area contributed by atoms with Crippen molar-refractivity contribution in [2.45, 2.75) is 4.21 Å². The number of anilines is 1. The second kappa shape index (κ2) is 6.35. The minimum Gasteiger partial charge on any atom is -0.478 e. The third-order valence-corrected chi connectivity index (χ3v) is 4.25. The standard InChI is InChI=1S/C12H10N2O3S2/c15-10(7-19-11-2-1-5-18-11)14-9-6-8(12(16)17)3-4-13-9/h1-6H,7H2,(H,16,17)(H,13,14,15). The largest absolute Gasteiger partial charge is 0.478 e. The van der Waals surface area contributed by atoms with Crippen LogP contribution < -0.4 is 5.32 Å². The molecule has 2 rings (SSSR count). The molecule has 1 amide bonds. The lowest BCUT2D eigenvalue weighted by atomic mass is 10.2. The van der Waals surface area contributed by atoms with Gasteiger partial charge in [0.2, 0.25) is 5.91 Å². The van der Waals surface area contributed by atoms with E-state index in [-0.39, 0.29) is 23.0 Å². The third-order valence-electron chi connectivity index (χ3n) is 2.11. The molecule has 0 bridgehead atoms. The van der Waals surface area contributed by atoms with Gasteiger partial charge in [0.15, 0.2) is 0 Å². The minimum atomic E-state index is -1.05. The van der Waals surface area contributed by atoms with Crippen LogP contribution in [0.3, 0.4) is 0 Å². The number of carbonyl (C=O) groups excluding carboxylic acids is 1. The van der Waals surface area contributed by atoms with Gasteiger partial charge in [-0.1, -0.05) is 6.07 Å². The molecule has 0 saturated heterocycles. The summed E-state index contributed by atoms with van der Waals surface area (Å²) >= 11 is 2.99. The number of nitrogens with zero attached hydrogens (tertiary/aromatic N) is 1. The number of hydrogen-bond acceptors (Lipinski definition) is 5. The number of thiophene rings is 1. The van der Waals surface area contributed by atoms with Crippen molar-refractivity contribution in [3.63, 3.8) is 0 Å². The lowest BCUT2D eigenvalue weighted by molar-refractivity contribution is -0.113. The van der Waals surface area contributed by atoms with Crippen LogP contribution in [0.1, 0.15) is 10.4 Å². The van der Waals surface area contributed by atoms with Gasteiger partial charge >= 0.3 is 5.97 Å². The van der Waals surface area contributed by atoms with E-state index in [1.807, 2.05) is 17.5 Å². The SMILES string of the molecule is O=C(CSc1cccs1)Nc1cc(C(=O)O)ccn1. The molecule has 0 fully saturated rings. The Hall–Kier alpha value is -1.86. The first-order chi connectivity index (χ1) is 9.15. The van der Waals surface area contributed by atoms with Crippen molar-refractivity contribution in [1.82, 2.24) is 4.98 Å². The molecule has 2 aromatic rings. The lowest BCUT2D eigenvalue weighted by Gasteiger charge is -2.04. The van der Waals surface area contributed by atoms with Gasteiger partial charge in [-0.3, -0.25) is 4.79 Å². The number of pyridine rings is 1. The van der Waals surface area contributed by atoms with Crippen LogP contribution >= 0.6 is 23.1 Å². The highest BCUT2D eigenvalue weighted by atomic mass is 32.2. The molecular formula is C12H10N2O3S2. The van der Waals surface area contributed by atoms with E-state index in [4.69, 9.17) is 5.11 Å². The second-order valence-corrected chi connectivity index (χ2v) is 5.73. The molecule has 0 aliphatic heterocycles. The first kappa shape index (κ1) is 13.6. The molecule has 0 aliphatic carbocycles. The zero-order valence-corrected chi connectivity index (χ0v) is 11.3. The molecule has 0 saturated carbocycles. The number of carboxylic acid groups (broad SMARTS) is 1. The van der Waals surface area contributed by atoms with Gasteiger partial charge < -0.3 is 10.4 Å². The molecule has 2 N–H and O–H groups in total. The fourth-order valence-electron chi connectivity index (χ4n) is 1.29. The van der Waals surface area contributed by atoms with Crippen molar-refractivity contribution in [2.75, 3.05) is 11.1 Å². The fourth-order valence-corrected chi connectivity index (χ4v) is 2.88. The van der Waals surface area contributed by atoms with E-state index in [0.717, 1.165) is 4.21 Å². The topological polar surface area (TPSA) is 79.3 Å². The van der Waals surface area contributed by atoms with Crippen LogP contribution in [0.4, 0.5) is 5.82 Å². The number of aromatic carboxylic acids is 1. The Balaban J connectivity index is 1.91. The fraction of sp³-hybridized carbons (Fsp3) is 0.0833. The highest BCUT2D eigenvalue weighted by molar-refractivity contribution is 8.01. The van der Waals surface area contributed by atoms with Gasteiger partial charge in [-0.05, 0) is 23.6 Å². The van der Waals surface area contributed by atoms with E-state index in [2.05, 4.69) is 10.3 Å². The van der Waals surface area contributed by atoms with E-state index in [0.29, 0.717) is 0 Å². The summed E-state index contributed by atoms with van der Waals surface area (Å²) in [5.41, 5.74) is 0.0937. The quantitative estimate of drug-likeness (QED) is 0.829. The molecule has 2 heterocycles. The van der Waals surface area contributed by atoms with E-state index in [1.54, 1.807) is 11.3 Å². The molecule has 2 aromatic heterocycles. The summed E-state index contributed by atoms with van der Waals surface area (Å²) in [6, 6.07) is 6.56. The number of hydrogen-bond donors (Lipinski definition) is 2. The van der Waals surface area contributed by atoms with Gasteiger partial charge in [0.05, 0.1) is 15.5 Å². The Morgan fingerprint density at radius 3 is 2.95 bits per heavy atom. The minimum absolute atomic E-state index is 0.0937. The van der Waals surface area contributed by atoms with Crippen LogP contribution in [-0.2, 0) is 4.79 Å². The van der Waals surface area contributed by atoms with Crippen molar-refractivity contribution in [3.05, 3.63) is 41.4 Å². The number of aromatic nitrogens is 1. The van der Waals surface area contributed by atoms with E-state index < -0.39 is 5.97 Å². The molecule has 0 aliphatic rings. The maximum absolute atomic E-state index is 11.7. The first-order valence-electron chi connectivity index (χ1n) is 5.30. The summed E-state index contributed by atoms with van der Waals surface area (Å²) in [7, 11) is 0. The van der Waals surface area contributed by atoms with Crippen LogP contribution in [-0.4, -0.2) is 27.7 Å². The van der Waals surface area contributed by atoms with Crippen LogP contribution in [0.25, 0.3) is 0 Å².